The molecule has 0 spiro atoms. The zero-order valence-electron chi connectivity index (χ0n) is 11.0. The van der Waals surface area contributed by atoms with Gasteiger partial charge in [0.15, 0.2) is 0 Å². The van der Waals surface area contributed by atoms with E-state index in [1.54, 1.807) is 4.88 Å². The van der Waals surface area contributed by atoms with Crippen LogP contribution in [-0.2, 0) is 0 Å². The number of nitrogens with one attached hydrogen (secondary N) is 1. The predicted octanol–water partition coefficient (Wildman–Crippen LogP) is 4.78. The zero-order valence-corrected chi connectivity index (χ0v) is 13.4. The van der Waals surface area contributed by atoms with Gasteiger partial charge in [0.1, 0.15) is 0 Å². The molecule has 3 unspecified atom stereocenters. The minimum Gasteiger partial charge on any atom is -0.314 e. The Morgan fingerprint density at radius 2 is 2.17 bits per heavy atom. The van der Waals surface area contributed by atoms with Gasteiger partial charge in [0.2, 0.25) is 0 Å². The third-order valence-electron chi connectivity index (χ3n) is 4.48. The fourth-order valence-corrected chi connectivity index (χ4v) is 5.06. The van der Waals surface area contributed by atoms with Crippen molar-refractivity contribution in [3.8, 4) is 0 Å². The first-order chi connectivity index (χ1) is 8.74. The minimum atomic E-state index is 0.773. The van der Waals surface area contributed by atoms with E-state index in [9.17, 15) is 0 Å². The second-order valence-corrected chi connectivity index (χ2v) is 7.90. The molecule has 2 fully saturated rings. The quantitative estimate of drug-likeness (QED) is 0.838. The minimum absolute atomic E-state index is 0.773. The maximum absolute atomic E-state index is 3.74. The molecule has 1 aromatic heterocycles. The van der Waals surface area contributed by atoms with Crippen LogP contribution in [0, 0.1) is 11.8 Å². The Morgan fingerprint density at radius 3 is 2.83 bits per heavy atom. The van der Waals surface area contributed by atoms with E-state index in [-0.39, 0.29) is 0 Å². The summed E-state index contributed by atoms with van der Waals surface area (Å²) in [5.74, 6) is 2.51. The van der Waals surface area contributed by atoms with E-state index in [1.807, 2.05) is 11.3 Å². The summed E-state index contributed by atoms with van der Waals surface area (Å²) in [6.45, 7) is 3.64. The molecule has 1 aromatic rings. The molecule has 0 aliphatic heterocycles. The molecule has 1 nitrogen and oxygen atoms in total. The summed E-state index contributed by atoms with van der Waals surface area (Å²) in [7, 11) is 0. The van der Waals surface area contributed by atoms with Gasteiger partial charge in [0.05, 0.1) is 0 Å². The predicted molar refractivity (Wildman–Crippen MR) is 82.3 cm³/mol. The molecule has 2 saturated carbocycles. The van der Waals surface area contributed by atoms with Crippen molar-refractivity contribution in [2.45, 2.75) is 51.0 Å². The monoisotopic (exact) mass is 327 g/mol. The van der Waals surface area contributed by atoms with Gasteiger partial charge in [-0.25, -0.2) is 0 Å². The van der Waals surface area contributed by atoms with Crippen LogP contribution in [0.1, 0.15) is 49.8 Å². The SMILES string of the molecule is CC1CCC(CNC2CC2)C(c2sccc2Br)C1. The van der Waals surface area contributed by atoms with Crippen LogP contribution in [0.25, 0.3) is 0 Å². The average Bonchev–Trinajstić information content (AvgIpc) is 3.09. The topological polar surface area (TPSA) is 12.0 Å². The Balaban J connectivity index is 1.70. The van der Waals surface area contributed by atoms with Gasteiger partial charge >= 0.3 is 0 Å². The summed E-state index contributed by atoms with van der Waals surface area (Å²) < 4.78 is 1.34. The normalized spacial score (nSPS) is 32.7. The van der Waals surface area contributed by atoms with Gasteiger partial charge in [0, 0.05) is 15.4 Å². The van der Waals surface area contributed by atoms with Gasteiger partial charge in [0.25, 0.3) is 0 Å². The summed E-state index contributed by atoms with van der Waals surface area (Å²) in [6.07, 6.45) is 6.98. The Hall–Kier alpha value is 0.140. The summed E-state index contributed by atoms with van der Waals surface area (Å²) in [5.41, 5.74) is 0. The lowest BCUT2D eigenvalue weighted by molar-refractivity contribution is 0.243. The van der Waals surface area contributed by atoms with E-state index in [0.29, 0.717) is 0 Å². The molecule has 2 aliphatic carbocycles. The van der Waals surface area contributed by atoms with Gasteiger partial charge in [-0.2, -0.15) is 0 Å². The van der Waals surface area contributed by atoms with Gasteiger partial charge < -0.3 is 5.32 Å². The molecule has 3 atom stereocenters. The van der Waals surface area contributed by atoms with Gasteiger partial charge in [-0.15, -0.1) is 11.3 Å². The number of thiophene rings is 1. The van der Waals surface area contributed by atoms with Gasteiger partial charge in [-0.1, -0.05) is 13.3 Å². The molecular formula is C15H22BrNS. The summed E-state index contributed by atoms with van der Waals surface area (Å²) in [5, 5.41) is 5.97. The smallest absolute Gasteiger partial charge is 0.0317 e. The molecule has 18 heavy (non-hydrogen) atoms. The van der Waals surface area contributed by atoms with Gasteiger partial charge in [-0.3, -0.25) is 0 Å². The van der Waals surface area contributed by atoms with Crippen molar-refractivity contribution in [3.63, 3.8) is 0 Å². The average molecular weight is 328 g/mol. The Labute approximate surface area is 122 Å². The lowest BCUT2D eigenvalue weighted by atomic mass is 9.74. The highest BCUT2D eigenvalue weighted by molar-refractivity contribution is 9.10. The van der Waals surface area contributed by atoms with Crippen LogP contribution in [0.3, 0.4) is 0 Å². The standard InChI is InChI=1S/C15H22BrNS/c1-10-2-3-11(9-17-12-4-5-12)13(8-10)15-14(16)6-7-18-15/h6-7,10-13,17H,2-5,8-9H2,1H3. The Kier molecular flexibility index (Phi) is 4.12. The maximum atomic E-state index is 3.74. The molecule has 2 aliphatic rings. The fourth-order valence-electron chi connectivity index (χ4n) is 3.18. The first-order valence-electron chi connectivity index (χ1n) is 7.20. The van der Waals surface area contributed by atoms with Gasteiger partial charge in [-0.05, 0) is 77.4 Å². The van der Waals surface area contributed by atoms with Crippen molar-refractivity contribution in [1.29, 1.82) is 0 Å². The van der Waals surface area contributed by atoms with Crippen LogP contribution in [0.15, 0.2) is 15.9 Å². The van der Waals surface area contributed by atoms with Crippen molar-refractivity contribution in [2.24, 2.45) is 11.8 Å². The first-order valence-corrected chi connectivity index (χ1v) is 8.87. The van der Waals surface area contributed by atoms with Crippen LogP contribution in [-0.4, -0.2) is 12.6 Å². The van der Waals surface area contributed by atoms with Crippen LogP contribution >= 0.6 is 27.3 Å². The molecule has 0 radical (unpaired) electrons. The molecule has 1 heterocycles. The second-order valence-electron chi connectivity index (χ2n) is 6.10. The van der Waals surface area contributed by atoms with Crippen molar-refractivity contribution >= 4 is 27.3 Å². The third kappa shape index (κ3) is 3.00. The van der Waals surface area contributed by atoms with Crippen molar-refractivity contribution in [2.75, 3.05) is 6.54 Å². The van der Waals surface area contributed by atoms with E-state index in [0.717, 1.165) is 23.8 Å². The second kappa shape index (κ2) is 5.64. The summed E-state index contributed by atoms with van der Waals surface area (Å²) >= 11 is 5.67. The van der Waals surface area contributed by atoms with E-state index >= 15 is 0 Å². The largest absolute Gasteiger partial charge is 0.314 e. The highest BCUT2D eigenvalue weighted by Gasteiger charge is 2.32. The van der Waals surface area contributed by atoms with Crippen LogP contribution in [0.2, 0.25) is 0 Å². The molecule has 0 bridgehead atoms. The van der Waals surface area contributed by atoms with Crippen molar-refractivity contribution in [1.82, 2.24) is 5.32 Å². The number of halogens is 1. The Morgan fingerprint density at radius 1 is 1.33 bits per heavy atom. The first kappa shape index (κ1) is 13.1. The highest BCUT2D eigenvalue weighted by Crippen LogP contribution is 2.44. The number of hydrogen-bond acceptors (Lipinski definition) is 2. The number of hydrogen-bond donors (Lipinski definition) is 1. The Bertz CT molecular complexity index is 399. The van der Waals surface area contributed by atoms with Crippen LogP contribution in [0.4, 0.5) is 0 Å². The molecule has 3 heteroatoms. The molecule has 100 valence electrons. The van der Waals surface area contributed by atoms with E-state index < -0.39 is 0 Å². The van der Waals surface area contributed by atoms with Crippen molar-refractivity contribution < 1.29 is 0 Å². The fraction of sp³-hybridized carbons (Fsp3) is 0.733. The van der Waals surface area contributed by atoms with Crippen molar-refractivity contribution in [3.05, 3.63) is 20.8 Å². The lowest BCUT2D eigenvalue weighted by Crippen LogP contribution is -2.32. The van der Waals surface area contributed by atoms with E-state index in [1.165, 1.54) is 43.1 Å². The zero-order chi connectivity index (χ0) is 12.5. The molecule has 1 N–H and O–H groups in total. The van der Waals surface area contributed by atoms with Crippen LogP contribution in [0.5, 0.6) is 0 Å². The van der Waals surface area contributed by atoms with Crippen LogP contribution < -0.4 is 5.32 Å². The lowest BCUT2D eigenvalue weighted by Gasteiger charge is -2.35. The van der Waals surface area contributed by atoms with E-state index in [4.69, 9.17) is 0 Å². The summed E-state index contributed by atoms with van der Waals surface area (Å²) in [6, 6.07) is 3.06. The molecule has 0 amide bonds. The van der Waals surface area contributed by atoms with E-state index in [2.05, 4.69) is 39.6 Å². The molecule has 0 saturated heterocycles. The molecule has 0 aromatic carbocycles. The molecular weight excluding hydrogens is 306 g/mol. The highest BCUT2D eigenvalue weighted by atomic mass is 79.9. The summed E-state index contributed by atoms with van der Waals surface area (Å²) in [4.78, 5) is 1.59. The maximum Gasteiger partial charge on any atom is 0.0317 e. The number of rotatable bonds is 4. The third-order valence-corrected chi connectivity index (χ3v) is 6.49. The molecule has 3 rings (SSSR count).